The molecule has 0 saturated carbocycles. The molecule has 0 radical (unpaired) electrons. The van der Waals surface area contributed by atoms with E-state index in [-0.39, 0.29) is 11.7 Å². The van der Waals surface area contributed by atoms with Crippen molar-refractivity contribution < 1.29 is 9.18 Å². The SMILES string of the molecule is O=C(c1ccncc1)N1CCN(c2nc3c(F)cccc3s2)CC1. The highest BCUT2D eigenvalue weighted by Gasteiger charge is 2.24. The number of anilines is 1. The van der Waals surface area contributed by atoms with Gasteiger partial charge in [-0.2, -0.15) is 0 Å². The summed E-state index contributed by atoms with van der Waals surface area (Å²) in [6.45, 7) is 2.63. The molecule has 0 atom stereocenters. The maximum absolute atomic E-state index is 13.8. The van der Waals surface area contributed by atoms with Gasteiger partial charge in [0.25, 0.3) is 5.91 Å². The Morgan fingerprint density at radius 3 is 2.54 bits per heavy atom. The second-order valence-corrected chi connectivity index (χ2v) is 6.61. The van der Waals surface area contributed by atoms with Crippen molar-refractivity contribution in [3.63, 3.8) is 0 Å². The van der Waals surface area contributed by atoms with Gasteiger partial charge in [0.2, 0.25) is 0 Å². The summed E-state index contributed by atoms with van der Waals surface area (Å²) in [5.74, 6) is -0.270. The number of hydrogen-bond donors (Lipinski definition) is 0. The van der Waals surface area contributed by atoms with Gasteiger partial charge >= 0.3 is 0 Å². The molecule has 1 aromatic carbocycles. The molecule has 1 aliphatic heterocycles. The van der Waals surface area contributed by atoms with Crippen LogP contribution in [0.3, 0.4) is 0 Å². The Hall–Kier alpha value is -2.54. The first kappa shape index (κ1) is 15.0. The predicted octanol–water partition coefficient (Wildman–Crippen LogP) is 2.79. The van der Waals surface area contributed by atoms with Crippen LogP contribution in [0, 0.1) is 5.82 Å². The maximum Gasteiger partial charge on any atom is 0.254 e. The first-order chi connectivity index (χ1) is 11.7. The lowest BCUT2D eigenvalue weighted by molar-refractivity contribution is 0.0746. The normalized spacial score (nSPS) is 15.0. The number of rotatable bonds is 2. The molecule has 5 nitrogen and oxygen atoms in total. The number of thiazole rings is 1. The third-order valence-corrected chi connectivity index (χ3v) is 5.20. The summed E-state index contributed by atoms with van der Waals surface area (Å²) in [4.78, 5) is 24.7. The van der Waals surface area contributed by atoms with E-state index in [9.17, 15) is 9.18 Å². The zero-order valence-corrected chi connectivity index (χ0v) is 13.7. The summed E-state index contributed by atoms with van der Waals surface area (Å²) in [6.07, 6.45) is 3.25. The van der Waals surface area contributed by atoms with Gasteiger partial charge in [-0.3, -0.25) is 9.78 Å². The smallest absolute Gasteiger partial charge is 0.254 e. The fraction of sp³-hybridized carbons (Fsp3) is 0.235. The quantitative estimate of drug-likeness (QED) is 0.719. The number of carbonyl (C=O) groups is 1. The molecule has 1 fully saturated rings. The maximum atomic E-state index is 13.8. The van der Waals surface area contributed by atoms with E-state index in [4.69, 9.17) is 0 Å². The molecular weight excluding hydrogens is 327 g/mol. The van der Waals surface area contributed by atoms with Gasteiger partial charge in [-0.25, -0.2) is 9.37 Å². The second kappa shape index (κ2) is 6.16. The summed E-state index contributed by atoms with van der Waals surface area (Å²) >= 11 is 1.49. The average molecular weight is 342 g/mol. The van der Waals surface area contributed by atoms with Crippen molar-refractivity contribution in [1.29, 1.82) is 0 Å². The highest BCUT2D eigenvalue weighted by atomic mass is 32.1. The summed E-state index contributed by atoms with van der Waals surface area (Å²) in [6, 6.07) is 8.46. The molecule has 0 unspecified atom stereocenters. The minimum Gasteiger partial charge on any atom is -0.345 e. The largest absolute Gasteiger partial charge is 0.345 e. The van der Waals surface area contributed by atoms with Crippen LogP contribution in [-0.2, 0) is 0 Å². The number of pyridine rings is 1. The number of amides is 1. The lowest BCUT2D eigenvalue weighted by Gasteiger charge is -2.34. The predicted molar refractivity (Wildman–Crippen MR) is 91.9 cm³/mol. The van der Waals surface area contributed by atoms with Gasteiger partial charge in [-0.05, 0) is 24.3 Å². The Labute approximate surface area is 142 Å². The first-order valence-electron chi connectivity index (χ1n) is 7.72. The summed E-state index contributed by atoms with van der Waals surface area (Å²) in [5.41, 5.74) is 1.08. The van der Waals surface area contributed by atoms with Gasteiger partial charge in [0.05, 0.1) is 4.70 Å². The van der Waals surface area contributed by atoms with Gasteiger partial charge in [0.1, 0.15) is 11.3 Å². The molecular formula is C17H15FN4OS. The molecule has 0 N–H and O–H groups in total. The highest BCUT2D eigenvalue weighted by molar-refractivity contribution is 7.22. The average Bonchev–Trinajstić information content (AvgIpc) is 3.08. The summed E-state index contributed by atoms with van der Waals surface area (Å²) in [5, 5.41) is 0.811. The number of carbonyl (C=O) groups excluding carboxylic acids is 1. The molecule has 24 heavy (non-hydrogen) atoms. The van der Waals surface area contributed by atoms with Gasteiger partial charge in [-0.1, -0.05) is 17.4 Å². The molecule has 1 amide bonds. The van der Waals surface area contributed by atoms with Crippen molar-refractivity contribution in [3.8, 4) is 0 Å². The number of para-hydroxylation sites is 1. The van der Waals surface area contributed by atoms with Crippen molar-refractivity contribution in [3.05, 3.63) is 54.1 Å². The molecule has 1 aliphatic rings. The summed E-state index contributed by atoms with van der Waals surface area (Å²) in [7, 11) is 0. The lowest BCUT2D eigenvalue weighted by atomic mass is 10.2. The molecule has 3 aromatic rings. The van der Waals surface area contributed by atoms with Gasteiger partial charge in [0, 0.05) is 44.1 Å². The van der Waals surface area contributed by atoms with E-state index in [1.165, 1.54) is 17.4 Å². The number of hydrogen-bond acceptors (Lipinski definition) is 5. The summed E-state index contributed by atoms with van der Waals surface area (Å²) < 4.78 is 14.6. The van der Waals surface area contributed by atoms with E-state index in [1.807, 2.05) is 11.0 Å². The molecule has 122 valence electrons. The number of fused-ring (bicyclic) bond motifs is 1. The van der Waals surface area contributed by atoms with E-state index in [1.54, 1.807) is 30.6 Å². The van der Waals surface area contributed by atoms with Gasteiger partial charge < -0.3 is 9.80 Å². The van der Waals surface area contributed by atoms with Gasteiger partial charge in [0.15, 0.2) is 5.13 Å². The van der Waals surface area contributed by atoms with Crippen LogP contribution >= 0.6 is 11.3 Å². The fourth-order valence-corrected chi connectivity index (χ4v) is 3.85. The monoisotopic (exact) mass is 342 g/mol. The van der Waals surface area contributed by atoms with Crippen LogP contribution in [0.5, 0.6) is 0 Å². The van der Waals surface area contributed by atoms with E-state index in [0.29, 0.717) is 37.3 Å². The molecule has 3 heterocycles. The Morgan fingerprint density at radius 1 is 1.08 bits per heavy atom. The molecule has 0 spiro atoms. The van der Waals surface area contributed by atoms with Crippen LogP contribution in [0.1, 0.15) is 10.4 Å². The van der Waals surface area contributed by atoms with E-state index >= 15 is 0 Å². The Morgan fingerprint density at radius 2 is 1.83 bits per heavy atom. The topological polar surface area (TPSA) is 49.3 Å². The van der Waals surface area contributed by atoms with E-state index < -0.39 is 0 Å². The van der Waals surface area contributed by atoms with Crippen LogP contribution < -0.4 is 4.90 Å². The van der Waals surface area contributed by atoms with Crippen molar-refractivity contribution in [1.82, 2.24) is 14.9 Å². The van der Waals surface area contributed by atoms with E-state index in [0.717, 1.165) is 9.83 Å². The first-order valence-corrected chi connectivity index (χ1v) is 8.53. The molecule has 1 saturated heterocycles. The third kappa shape index (κ3) is 2.71. The number of nitrogens with zero attached hydrogens (tertiary/aromatic N) is 4. The van der Waals surface area contributed by atoms with E-state index in [2.05, 4.69) is 14.9 Å². The van der Waals surface area contributed by atoms with Crippen molar-refractivity contribution >= 4 is 32.6 Å². The minimum atomic E-state index is -0.290. The Bertz CT molecular complexity index is 875. The van der Waals surface area contributed by atoms with Crippen molar-refractivity contribution in [2.45, 2.75) is 0 Å². The molecule has 7 heteroatoms. The number of benzene rings is 1. The van der Waals surface area contributed by atoms with Crippen molar-refractivity contribution in [2.75, 3.05) is 31.1 Å². The van der Waals surface area contributed by atoms with Crippen LogP contribution in [0.15, 0.2) is 42.7 Å². The number of halogens is 1. The molecule has 0 bridgehead atoms. The van der Waals surface area contributed by atoms with Crippen LogP contribution in [0.4, 0.5) is 9.52 Å². The number of piperazine rings is 1. The zero-order valence-electron chi connectivity index (χ0n) is 12.9. The third-order valence-electron chi connectivity index (χ3n) is 4.12. The van der Waals surface area contributed by atoms with Crippen LogP contribution in [0.2, 0.25) is 0 Å². The molecule has 2 aromatic heterocycles. The second-order valence-electron chi connectivity index (χ2n) is 5.60. The minimum absolute atomic E-state index is 0.0207. The van der Waals surface area contributed by atoms with Gasteiger partial charge in [-0.15, -0.1) is 0 Å². The molecule has 4 rings (SSSR count). The zero-order chi connectivity index (χ0) is 16.5. The Kier molecular flexibility index (Phi) is 3.86. The van der Waals surface area contributed by atoms with Crippen LogP contribution in [-0.4, -0.2) is 47.0 Å². The van der Waals surface area contributed by atoms with Crippen molar-refractivity contribution in [2.24, 2.45) is 0 Å². The molecule has 0 aliphatic carbocycles. The fourth-order valence-electron chi connectivity index (χ4n) is 2.82. The standard InChI is InChI=1S/C17H15FN4OS/c18-13-2-1-3-14-15(13)20-17(24-14)22-10-8-21(9-11-22)16(23)12-4-6-19-7-5-12/h1-7H,8-11H2. The lowest BCUT2D eigenvalue weighted by Crippen LogP contribution is -2.48. The Balaban J connectivity index is 1.47. The van der Waals surface area contributed by atoms with Crippen LogP contribution in [0.25, 0.3) is 10.2 Å². The number of aromatic nitrogens is 2. The highest BCUT2D eigenvalue weighted by Crippen LogP contribution is 2.30.